The molecule has 1 aliphatic heterocycles. The predicted molar refractivity (Wildman–Crippen MR) is 121 cm³/mol. The van der Waals surface area contributed by atoms with E-state index >= 15 is 0 Å². The number of fused-ring (bicyclic) bond motifs is 1. The van der Waals surface area contributed by atoms with Crippen molar-refractivity contribution in [1.29, 1.82) is 5.26 Å². The molecule has 1 saturated heterocycles. The Bertz CT molecular complexity index is 1120. The molecule has 2 N–H and O–H groups in total. The molecule has 1 fully saturated rings. The van der Waals surface area contributed by atoms with Crippen molar-refractivity contribution in [3.05, 3.63) is 42.5 Å². The van der Waals surface area contributed by atoms with Gasteiger partial charge in [0.2, 0.25) is 5.95 Å². The maximum Gasteiger partial charge on any atom is 0.223 e. The van der Waals surface area contributed by atoms with E-state index in [-0.39, 0.29) is 22.9 Å². The summed E-state index contributed by atoms with van der Waals surface area (Å²) in [5.74, 6) is 0.276. The van der Waals surface area contributed by atoms with Crippen LogP contribution in [0.3, 0.4) is 0 Å². The molecule has 6 nitrogen and oxygen atoms in total. The highest BCUT2D eigenvalue weighted by atomic mass is 19.1. The third kappa shape index (κ3) is 4.54. The molecule has 0 atom stereocenters. The standard InChI is InChI=1S/C24H29FN6/c1-23(2)13-16(14-24(3,4)30-23)28-22-27-11-9-20(29-22)18-15-31(12-6-10-26)21-17(18)7-5-8-19(21)25/h5,7-9,11,15-16,30H,6,12-14H2,1-4H3,(H,27,28,29). The van der Waals surface area contributed by atoms with E-state index < -0.39 is 0 Å². The molecule has 0 unspecified atom stereocenters. The van der Waals surface area contributed by atoms with Crippen molar-refractivity contribution >= 4 is 16.9 Å². The highest BCUT2D eigenvalue weighted by molar-refractivity contribution is 5.95. The van der Waals surface area contributed by atoms with E-state index in [1.54, 1.807) is 16.8 Å². The van der Waals surface area contributed by atoms with Crippen molar-refractivity contribution in [1.82, 2.24) is 19.9 Å². The van der Waals surface area contributed by atoms with Crippen LogP contribution in [-0.4, -0.2) is 31.7 Å². The van der Waals surface area contributed by atoms with Gasteiger partial charge in [0.15, 0.2) is 0 Å². The minimum atomic E-state index is -0.298. The monoisotopic (exact) mass is 420 g/mol. The largest absolute Gasteiger partial charge is 0.351 e. The fraction of sp³-hybridized carbons (Fsp3) is 0.458. The van der Waals surface area contributed by atoms with E-state index in [1.165, 1.54) is 6.07 Å². The number of benzene rings is 1. The zero-order valence-electron chi connectivity index (χ0n) is 18.5. The van der Waals surface area contributed by atoms with Crippen LogP contribution in [0, 0.1) is 17.1 Å². The van der Waals surface area contributed by atoms with Crippen molar-refractivity contribution in [2.24, 2.45) is 0 Å². The third-order valence-electron chi connectivity index (χ3n) is 5.77. The molecule has 4 rings (SSSR count). The summed E-state index contributed by atoms with van der Waals surface area (Å²) >= 11 is 0. The number of piperidine rings is 1. The molecule has 31 heavy (non-hydrogen) atoms. The highest BCUT2D eigenvalue weighted by Crippen LogP contribution is 2.33. The Hall–Kier alpha value is -2.98. The van der Waals surface area contributed by atoms with Crippen LogP contribution >= 0.6 is 0 Å². The van der Waals surface area contributed by atoms with E-state index in [0.29, 0.717) is 24.4 Å². The van der Waals surface area contributed by atoms with Crippen molar-refractivity contribution in [3.8, 4) is 17.3 Å². The molecule has 0 amide bonds. The van der Waals surface area contributed by atoms with Crippen LogP contribution < -0.4 is 10.6 Å². The van der Waals surface area contributed by atoms with Gasteiger partial charge >= 0.3 is 0 Å². The Balaban J connectivity index is 1.67. The summed E-state index contributed by atoms with van der Waals surface area (Å²) in [6.07, 6.45) is 5.86. The van der Waals surface area contributed by atoms with Gasteiger partial charge in [0, 0.05) is 47.0 Å². The Morgan fingerprint density at radius 1 is 1.23 bits per heavy atom. The number of rotatable bonds is 5. The summed E-state index contributed by atoms with van der Waals surface area (Å²) in [6, 6.07) is 9.27. The quantitative estimate of drug-likeness (QED) is 0.616. The molecule has 0 radical (unpaired) electrons. The molecule has 3 aromatic rings. The van der Waals surface area contributed by atoms with E-state index in [9.17, 15) is 4.39 Å². The maximum atomic E-state index is 14.6. The lowest BCUT2D eigenvalue weighted by Crippen LogP contribution is -2.60. The number of hydrogen-bond acceptors (Lipinski definition) is 5. The normalized spacial score (nSPS) is 18.1. The van der Waals surface area contributed by atoms with E-state index in [1.807, 2.05) is 18.3 Å². The van der Waals surface area contributed by atoms with Gasteiger partial charge in [-0.2, -0.15) is 5.26 Å². The second-order valence-corrected chi connectivity index (χ2v) is 9.69. The Labute approximate surface area is 182 Å². The zero-order chi connectivity index (χ0) is 22.2. The lowest BCUT2D eigenvalue weighted by molar-refractivity contribution is 0.170. The molecule has 0 spiro atoms. The summed E-state index contributed by atoms with van der Waals surface area (Å²) in [5, 5.41) is 17.0. The molecule has 3 heterocycles. The van der Waals surface area contributed by atoms with Crippen LogP contribution in [-0.2, 0) is 6.54 Å². The zero-order valence-corrected chi connectivity index (χ0v) is 18.5. The highest BCUT2D eigenvalue weighted by Gasteiger charge is 2.37. The molecule has 162 valence electrons. The number of halogens is 1. The number of para-hydroxylation sites is 1. The van der Waals surface area contributed by atoms with E-state index in [4.69, 9.17) is 10.2 Å². The smallest absolute Gasteiger partial charge is 0.223 e. The molecular weight excluding hydrogens is 391 g/mol. The molecule has 2 aromatic heterocycles. The van der Waals surface area contributed by atoms with E-state index in [0.717, 1.165) is 29.5 Å². The maximum absolute atomic E-state index is 14.6. The van der Waals surface area contributed by atoms with Gasteiger partial charge in [0.1, 0.15) is 5.82 Å². The van der Waals surface area contributed by atoms with Crippen LogP contribution in [0.15, 0.2) is 36.7 Å². The number of nitriles is 1. The van der Waals surface area contributed by atoms with Gasteiger partial charge in [-0.3, -0.25) is 0 Å². The molecular formula is C24H29FN6. The van der Waals surface area contributed by atoms with E-state index in [2.05, 4.69) is 49.4 Å². The predicted octanol–water partition coefficient (Wildman–Crippen LogP) is 4.87. The van der Waals surface area contributed by atoms with Crippen LogP contribution in [0.4, 0.5) is 10.3 Å². The number of nitrogens with zero attached hydrogens (tertiary/aromatic N) is 4. The van der Waals surface area contributed by atoms with Gasteiger partial charge in [0.25, 0.3) is 0 Å². The third-order valence-corrected chi connectivity index (χ3v) is 5.77. The topological polar surface area (TPSA) is 78.6 Å². The SMILES string of the molecule is CC1(C)CC(Nc2nccc(-c3cn(CCC#N)c4c(F)cccc34)n2)CC(C)(C)N1. The van der Waals surface area contributed by atoms with Crippen molar-refractivity contribution < 1.29 is 4.39 Å². The molecule has 1 aliphatic rings. The summed E-state index contributed by atoms with van der Waals surface area (Å²) in [4.78, 5) is 9.20. The molecule has 0 saturated carbocycles. The van der Waals surface area contributed by atoms with Crippen LogP contribution in [0.1, 0.15) is 47.0 Å². The van der Waals surface area contributed by atoms with Crippen molar-refractivity contribution in [2.75, 3.05) is 5.32 Å². The summed E-state index contributed by atoms with van der Waals surface area (Å²) in [6.45, 7) is 9.29. The van der Waals surface area contributed by atoms with Gasteiger partial charge in [-0.15, -0.1) is 0 Å². The first-order valence-corrected chi connectivity index (χ1v) is 10.7. The lowest BCUT2D eigenvalue weighted by atomic mass is 9.80. The summed E-state index contributed by atoms with van der Waals surface area (Å²) in [7, 11) is 0. The van der Waals surface area contributed by atoms with Crippen molar-refractivity contribution in [3.63, 3.8) is 0 Å². The average molecular weight is 421 g/mol. The second-order valence-electron chi connectivity index (χ2n) is 9.69. The van der Waals surface area contributed by atoms with Gasteiger partial charge in [-0.1, -0.05) is 12.1 Å². The first kappa shape index (κ1) is 21.3. The number of anilines is 1. The number of aromatic nitrogens is 3. The van der Waals surface area contributed by atoms with Crippen LogP contribution in [0.5, 0.6) is 0 Å². The minimum Gasteiger partial charge on any atom is -0.351 e. The molecule has 1 aromatic carbocycles. The summed E-state index contributed by atoms with van der Waals surface area (Å²) < 4.78 is 16.4. The van der Waals surface area contributed by atoms with Gasteiger partial charge in [-0.25, -0.2) is 14.4 Å². The van der Waals surface area contributed by atoms with Crippen LogP contribution in [0.25, 0.3) is 22.2 Å². The summed E-state index contributed by atoms with van der Waals surface area (Å²) in [5.41, 5.74) is 2.11. The number of nitrogens with one attached hydrogen (secondary N) is 2. The van der Waals surface area contributed by atoms with Crippen molar-refractivity contribution in [2.45, 2.75) is 70.6 Å². The molecule has 0 bridgehead atoms. The van der Waals surface area contributed by atoms with Crippen LogP contribution in [0.2, 0.25) is 0 Å². The Kier molecular flexibility index (Phi) is 5.44. The Morgan fingerprint density at radius 3 is 2.68 bits per heavy atom. The first-order valence-electron chi connectivity index (χ1n) is 10.7. The molecule has 7 heteroatoms. The average Bonchev–Trinajstić information content (AvgIpc) is 3.04. The Morgan fingerprint density at radius 2 is 1.97 bits per heavy atom. The fourth-order valence-electron chi connectivity index (χ4n) is 5.05. The van der Waals surface area contributed by atoms with Gasteiger partial charge < -0.3 is 15.2 Å². The number of hydrogen-bond donors (Lipinski definition) is 2. The fourth-order valence-corrected chi connectivity index (χ4v) is 5.05. The number of aryl methyl sites for hydroxylation is 1. The minimum absolute atomic E-state index is 0.0166. The van der Waals surface area contributed by atoms with Gasteiger partial charge in [0.05, 0.1) is 23.7 Å². The first-order chi connectivity index (χ1) is 14.7. The second kappa shape index (κ2) is 7.93. The lowest BCUT2D eigenvalue weighted by Gasteiger charge is -2.46. The van der Waals surface area contributed by atoms with Gasteiger partial charge in [-0.05, 0) is 52.7 Å². The molecule has 0 aliphatic carbocycles.